The Kier molecular flexibility index (Phi) is 5.87. The van der Waals surface area contributed by atoms with Gasteiger partial charge in [0.15, 0.2) is 0 Å². The fourth-order valence-corrected chi connectivity index (χ4v) is 2.73. The molecule has 1 unspecified atom stereocenters. The Balaban J connectivity index is 1.85. The second-order valence-electron chi connectivity index (χ2n) is 5.74. The summed E-state index contributed by atoms with van der Waals surface area (Å²) >= 11 is 0. The van der Waals surface area contributed by atoms with E-state index in [0.717, 1.165) is 0 Å². The lowest BCUT2D eigenvalue weighted by Crippen LogP contribution is -2.42. The van der Waals surface area contributed by atoms with E-state index < -0.39 is 0 Å². The zero-order valence-electron chi connectivity index (χ0n) is 12.5. The number of hydrogen-bond donors (Lipinski definition) is 1. The number of nitrogens with one attached hydrogen (secondary N) is 1. The molecule has 1 heterocycles. The standard InChI is InChI=1S/C17H28N2/c1-3-4-8-16-9-11-17(12-10-16)15(2)18-19-13-6-5-7-14-19/h9-12,15,18H,3-8,13-14H2,1-2H3. The molecule has 0 amide bonds. The Morgan fingerprint density at radius 3 is 2.42 bits per heavy atom. The number of benzene rings is 1. The van der Waals surface area contributed by atoms with Gasteiger partial charge in [-0.25, -0.2) is 10.4 Å². The van der Waals surface area contributed by atoms with Crippen LogP contribution >= 0.6 is 0 Å². The molecule has 0 radical (unpaired) electrons. The third-order valence-electron chi connectivity index (χ3n) is 4.03. The van der Waals surface area contributed by atoms with Crippen molar-refractivity contribution in [2.24, 2.45) is 0 Å². The maximum absolute atomic E-state index is 3.63. The summed E-state index contributed by atoms with van der Waals surface area (Å²) in [6.07, 6.45) is 7.82. The lowest BCUT2D eigenvalue weighted by atomic mass is 10.0. The molecular formula is C17H28N2. The van der Waals surface area contributed by atoms with Crippen molar-refractivity contribution in [1.29, 1.82) is 0 Å². The van der Waals surface area contributed by atoms with Crippen LogP contribution in [0.25, 0.3) is 0 Å². The molecule has 106 valence electrons. The number of piperidine rings is 1. The molecule has 1 fully saturated rings. The first-order valence-corrected chi connectivity index (χ1v) is 7.89. The molecule has 2 nitrogen and oxygen atoms in total. The molecule has 2 heteroatoms. The van der Waals surface area contributed by atoms with E-state index >= 15 is 0 Å². The smallest absolute Gasteiger partial charge is 0.0436 e. The predicted octanol–water partition coefficient (Wildman–Crippen LogP) is 4.08. The molecular weight excluding hydrogens is 232 g/mol. The predicted molar refractivity (Wildman–Crippen MR) is 82.0 cm³/mol. The molecule has 1 aliphatic rings. The average Bonchev–Trinajstić information content (AvgIpc) is 2.46. The minimum atomic E-state index is 0.415. The van der Waals surface area contributed by atoms with Crippen LogP contribution in [0.2, 0.25) is 0 Å². The Hall–Kier alpha value is -0.860. The molecule has 19 heavy (non-hydrogen) atoms. The number of hydrogen-bond acceptors (Lipinski definition) is 2. The second-order valence-corrected chi connectivity index (χ2v) is 5.74. The summed E-state index contributed by atoms with van der Waals surface area (Å²) in [7, 11) is 0. The maximum Gasteiger partial charge on any atom is 0.0436 e. The lowest BCUT2D eigenvalue weighted by Gasteiger charge is -2.30. The van der Waals surface area contributed by atoms with Gasteiger partial charge in [-0.15, -0.1) is 0 Å². The van der Waals surface area contributed by atoms with Crippen LogP contribution < -0.4 is 5.43 Å². The van der Waals surface area contributed by atoms with Crippen molar-refractivity contribution in [2.45, 2.75) is 58.4 Å². The van der Waals surface area contributed by atoms with Crippen molar-refractivity contribution in [3.63, 3.8) is 0 Å². The Labute approximate surface area is 118 Å². The Bertz CT molecular complexity index is 352. The van der Waals surface area contributed by atoms with Crippen LogP contribution in [0.1, 0.15) is 63.1 Å². The quantitative estimate of drug-likeness (QED) is 0.829. The third-order valence-corrected chi connectivity index (χ3v) is 4.03. The van der Waals surface area contributed by atoms with Gasteiger partial charge in [0.1, 0.15) is 0 Å². The first kappa shape index (κ1) is 14.5. The fourth-order valence-electron chi connectivity index (χ4n) is 2.73. The maximum atomic E-state index is 3.63. The van der Waals surface area contributed by atoms with Gasteiger partial charge in [0, 0.05) is 19.1 Å². The van der Waals surface area contributed by atoms with Gasteiger partial charge >= 0.3 is 0 Å². The van der Waals surface area contributed by atoms with E-state index in [1.165, 1.54) is 62.7 Å². The number of aryl methyl sites for hydroxylation is 1. The Morgan fingerprint density at radius 2 is 1.79 bits per heavy atom. The number of unbranched alkanes of at least 4 members (excludes halogenated alkanes) is 1. The topological polar surface area (TPSA) is 15.3 Å². The molecule has 0 bridgehead atoms. The molecule has 2 rings (SSSR count). The SMILES string of the molecule is CCCCc1ccc(C(C)NN2CCCCC2)cc1. The first-order chi connectivity index (χ1) is 9.29. The number of rotatable bonds is 6. The zero-order valence-corrected chi connectivity index (χ0v) is 12.5. The largest absolute Gasteiger partial charge is 0.248 e. The second kappa shape index (κ2) is 7.66. The first-order valence-electron chi connectivity index (χ1n) is 7.89. The van der Waals surface area contributed by atoms with Crippen molar-refractivity contribution < 1.29 is 0 Å². The van der Waals surface area contributed by atoms with E-state index in [1.54, 1.807) is 0 Å². The highest BCUT2D eigenvalue weighted by atomic mass is 15.5. The van der Waals surface area contributed by atoms with E-state index in [1.807, 2.05) is 0 Å². The Morgan fingerprint density at radius 1 is 1.11 bits per heavy atom. The zero-order chi connectivity index (χ0) is 13.5. The van der Waals surface area contributed by atoms with Gasteiger partial charge in [0.05, 0.1) is 0 Å². The van der Waals surface area contributed by atoms with Crippen molar-refractivity contribution in [2.75, 3.05) is 13.1 Å². The number of nitrogens with zero attached hydrogens (tertiary/aromatic N) is 1. The van der Waals surface area contributed by atoms with E-state index in [0.29, 0.717) is 6.04 Å². The van der Waals surface area contributed by atoms with Gasteiger partial charge in [0.25, 0.3) is 0 Å². The van der Waals surface area contributed by atoms with Gasteiger partial charge in [0.2, 0.25) is 0 Å². The van der Waals surface area contributed by atoms with Crippen LogP contribution in [0.15, 0.2) is 24.3 Å². The van der Waals surface area contributed by atoms with E-state index in [-0.39, 0.29) is 0 Å². The average molecular weight is 260 g/mol. The van der Waals surface area contributed by atoms with Crippen molar-refractivity contribution in [3.8, 4) is 0 Å². The lowest BCUT2D eigenvalue weighted by molar-refractivity contribution is 0.133. The van der Waals surface area contributed by atoms with Crippen molar-refractivity contribution in [3.05, 3.63) is 35.4 Å². The normalized spacial score (nSPS) is 18.4. The molecule has 1 saturated heterocycles. The minimum absolute atomic E-state index is 0.415. The molecule has 1 aliphatic heterocycles. The highest BCUT2D eigenvalue weighted by Crippen LogP contribution is 2.16. The van der Waals surface area contributed by atoms with Gasteiger partial charge in [-0.05, 0) is 43.7 Å². The monoisotopic (exact) mass is 260 g/mol. The summed E-state index contributed by atoms with van der Waals surface area (Å²) in [6, 6.07) is 9.57. The highest BCUT2D eigenvalue weighted by Gasteiger charge is 2.13. The molecule has 0 aromatic heterocycles. The summed E-state index contributed by atoms with van der Waals surface area (Å²) in [5, 5.41) is 2.39. The van der Waals surface area contributed by atoms with Gasteiger partial charge < -0.3 is 0 Å². The summed E-state index contributed by atoms with van der Waals surface area (Å²) in [4.78, 5) is 0. The van der Waals surface area contributed by atoms with E-state index in [4.69, 9.17) is 0 Å². The molecule has 1 N–H and O–H groups in total. The van der Waals surface area contributed by atoms with E-state index in [2.05, 4.69) is 48.5 Å². The van der Waals surface area contributed by atoms with Crippen LogP contribution in [0, 0.1) is 0 Å². The summed E-state index contributed by atoms with van der Waals surface area (Å²) < 4.78 is 0. The molecule has 0 saturated carbocycles. The third kappa shape index (κ3) is 4.63. The van der Waals surface area contributed by atoms with Crippen LogP contribution in [0.5, 0.6) is 0 Å². The van der Waals surface area contributed by atoms with Crippen LogP contribution in [-0.4, -0.2) is 18.1 Å². The molecule has 1 aromatic carbocycles. The van der Waals surface area contributed by atoms with Crippen LogP contribution in [0.3, 0.4) is 0 Å². The number of hydrazine groups is 1. The fraction of sp³-hybridized carbons (Fsp3) is 0.647. The molecule has 0 aliphatic carbocycles. The van der Waals surface area contributed by atoms with E-state index in [9.17, 15) is 0 Å². The van der Waals surface area contributed by atoms with Gasteiger partial charge in [-0.3, -0.25) is 0 Å². The summed E-state index contributed by atoms with van der Waals surface area (Å²) in [5.74, 6) is 0. The van der Waals surface area contributed by atoms with Crippen LogP contribution in [0.4, 0.5) is 0 Å². The molecule has 1 aromatic rings. The highest BCUT2D eigenvalue weighted by molar-refractivity contribution is 5.24. The summed E-state index contributed by atoms with van der Waals surface area (Å²) in [5.41, 5.74) is 6.49. The van der Waals surface area contributed by atoms with Gasteiger partial charge in [-0.1, -0.05) is 44.0 Å². The summed E-state index contributed by atoms with van der Waals surface area (Å²) in [6.45, 7) is 6.90. The molecule has 1 atom stereocenters. The molecule has 0 spiro atoms. The van der Waals surface area contributed by atoms with Gasteiger partial charge in [-0.2, -0.15) is 0 Å². The van der Waals surface area contributed by atoms with Crippen LogP contribution in [-0.2, 0) is 6.42 Å². The minimum Gasteiger partial charge on any atom is -0.248 e. The van der Waals surface area contributed by atoms with Crippen molar-refractivity contribution in [1.82, 2.24) is 10.4 Å². The van der Waals surface area contributed by atoms with Crippen molar-refractivity contribution >= 4 is 0 Å².